The zero-order valence-electron chi connectivity index (χ0n) is 6.90. The minimum absolute atomic E-state index is 0.204. The first-order chi connectivity index (χ1) is 5.79. The maximum absolute atomic E-state index is 5.19. The molecule has 1 heterocycles. The highest BCUT2D eigenvalue weighted by Gasteiger charge is 2.16. The first kappa shape index (κ1) is 9.57. The van der Waals surface area contributed by atoms with E-state index in [9.17, 15) is 0 Å². The lowest BCUT2D eigenvalue weighted by Crippen LogP contribution is -2.24. The van der Waals surface area contributed by atoms with Crippen molar-refractivity contribution in [2.24, 2.45) is 0 Å². The van der Waals surface area contributed by atoms with Gasteiger partial charge in [-0.1, -0.05) is 12.2 Å². The van der Waals surface area contributed by atoms with Crippen molar-refractivity contribution in [1.29, 1.82) is 0 Å². The number of nitrogens with one attached hydrogen (secondary N) is 1. The first-order valence-corrected chi connectivity index (χ1v) is 4.72. The highest BCUT2D eigenvalue weighted by Crippen LogP contribution is 2.19. The highest BCUT2D eigenvalue weighted by atomic mass is 32.1. The lowest BCUT2D eigenvalue weighted by Gasteiger charge is -2.12. The van der Waals surface area contributed by atoms with Crippen LogP contribution in [0.25, 0.3) is 0 Å². The van der Waals surface area contributed by atoms with Crippen molar-refractivity contribution in [3.8, 4) is 0 Å². The van der Waals surface area contributed by atoms with Gasteiger partial charge in [0.1, 0.15) is 10.00 Å². The lowest BCUT2D eigenvalue weighted by atomic mass is 10.3. The Morgan fingerprint density at radius 3 is 3.00 bits per heavy atom. The number of likely N-dealkylation sites (N-methyl/N-ethyl adjacent to an activating group) is 1. The van der Waals surface area contributed by atoms with E-state index in [1.807, 2.05) is 5.38 Å². The number of methoxy groups -OCH3 is 1. The molecule has 0 radical (unpaired) electrons. The van der Waals surface area contributed by atoms with Gasteiger partial charge < -0.3 is 10.1 Å². The summed E-state index contributed by atoms with van der Waals surface area (Å²) >= 11 is 6.59. The van der Waals surface area contributed by atoms with Crippen molar-refractivity contribution in [3.63, 3.8) is 0 Å². The summed E-state index contributed by atoms with van der Waals surface area (Å²) in [7, 11) is 3.40. The highest BCUT2D eigenvalue weighted by molar-refractivity contribution is 7.80. The topological polar surface area (TPSA) is 34.1 Å². The monoisotopic (exact) mass is 202 g/mol. The normalized spacial score (nSPS) is 12.5. The average molecular weight is 202 g/mol. The number of thiocarbonyl (C=S) groups is 1. The van der Waals surface area contributed by atoms with Crippen molar-refractivity contribution in [2.75, 3.05) is 14.2 Å². The molecule has 0 saturated heterocycles. The fourth-order valence-corrected chi connectivity index (χ4v) is 1.82. The van der Waals surface area contributed by atoms with E-state index in [0.29, 0.717) is 4.99 Å². The van der Waals surface area contributed by atoms with E-state index in [0.717, 1.165) is 5.01 Å². The minimum Gasteiger partial charge on any atom is -0.380 e. The van der Waals surface area contributed by atoms with Gasteiger partial charge in [0.15, 0.2) is 6.10 Å². The Balaban J connectivity index is 2.76. The molecule has 5 heteroatoms. The summed E-state index contributed by atoms with van der Waals surface area (Å²) in [5.74, 6) is 0. The largest absolute Gasteiger partial charge is 0.380 e. The molecule has 1 rings (SSSR count). The van der Waals surface area contributed by atoms with Crippen LogP contribution in [0.2, 0.25) is 0 Å². The molecule has 1 N–H and O–H groups in total. The number of nitrogens with zero attached hydrogens (tertiary/aromatic N) is 1. The number of ether oxygens (including phenoxy) is 1. The van der Waals surface area contributed by atoms with Crippen LogP contribution in [0.4, 0.5) is 0 Å². The smallest absolute Gasteiger partial charge is 0.158 e. The molecule has 1 aromatic rings. The van der Waals surface area contributed by atoms with Crippen molar-refractivity contribution in [3.05, 3.63) is 16.6 Å². The van der Waals surface area contributed by atoms with E-state index < -0.39 is 0 Å². The minimum atomic E-state index is -0.204. The predicted molar refractivity (Wildman–Crippen MR) is 53.5 cm³/mol. The summed E-state index contributed by atoms with van der Waals surface area (Å²) in [6.07, 6.45) is 1.54. The van der Waals surface area contributed by atoms with Gasteiger partial charge in [0, 0.05) is 25.7 Å². The Hall–Kier alpha value is -0.520. The second kappa shape index (κ2) is 4.49. The standard InChI is InChI=1S/C7H10N2OS2/c1-8-6(11)5(10-2)7-9-3-4-12-7/h3-5H,1-2H3,(H,8,11). The number of rotatable bonds is 3. The van der Waals surface area contributed by atoms with Crippen molar-refractivity contribution >= 4 is 28.5 Å². The van der Waals surface area contributed by atoms with E-state index in [1.165, 1.54) is 11.3 Å². The van der Waals surface area contributed by atoms with Crippen LogP contribution < -0.4 is 5.32 Å². The lowest BCUT2D eigenvalue weighted by molar-refractivity contribution is 0.157. The van der Waals surface area contributed by atoms with E-state index in [1.54, 1.807) is 20.4 Å². The van der Waals surface area contributed by atoms with E-state index in [-0.39, 0.29) is 6.10 Å². The molecule has 0 fully saturated rings. The summed E-state index contributed by atoms with van der Waals surface area (Å²) < 4.78 is 5.19. The summed E-state index contributed by atoms with van der Waals surface area (Å²) in [5.41, 5.74) is 0. The van der Waals surface area contributed by atoms with Gasteiger partial charge in [-0.25, -0.2) is 4.98 Å². The summed E-state index contributed by atoms with van der Waals surface area (Å²) in [4.78, 5) is 4.78. The van der Waals surface area contributed by atoms with Gasteiger partial charge in [-0.05, 0) is 0 Å². The first-order valence-electron chi connectivity index (χ1n) is 3.43. The van der Waals surface area contributed by atoms with Gasteiger partial charge >= 0.3 is 0 Å². The molecule has 0 aliphatic heterocycles. The summed E-state index contributed by atoms with van der Waals surface area (Å²) in [6.45, 7) is 0. The van der Waals surface area contributed by atoms with Crippen LogP contribution in [0.15, 0.2) is 11.6 Å². The van der Waals surface area contributed by atoms with Crippen LogP contribution >= 0.6 is 23.6 Å². The van der Waals surface area contributed by atoms with Gasteiger partial charge in [0.25, 0.3) is 0 Å². The number of hydrogen-bond donors (Lipinski definition) is 1. The third-order valence-corrected chi connectivity index (χ3v) is 2.63. The van der Waals surface area contributed by atoms with Crippen molar-refractivity contribution in [1.82, 2.24) is 10.3 Å². The van der Waals surface area contributed by atoms with Gasteiger partial charge in [0.05, 0.1) is 0 Å². The van der Waals surface area contributed by atoms with Crippen LogP contribution in [0.1, 0.15) is 11.1 Å². The molecule has 66 valence electrons. The molecule has 1 atom stereocenters. The van der Waals surface area contributed by atoms with Crippen LogP contribution in [-0.2, 0) is 4.74 Å². The SMILES string of the molecule is CNC(=S)C(OC)c1nccs1. The molecule has 0 spiro atoms. The van der Waals surface area contributed by atoms with Gasteiger partial charge in [-0.15, -0.1) is 11.3 Å². The molecule has 0 amide bonds. The van der Waals surface area contributed by atoms with E-state index >= 15 is 0 Å². The molecule has 0 aromatic carbocycles. The maximum atomic E-state index is 5.19. The van der Waals surface area contributed by atoms with Crippen LogP contribution in [0.5, 0.6) is 0 Å². The van der Waals surface area contributed by atoms with E-state index in [4.69, 9.17) is 17.0 Å². The van der Waals surface area contributed by atoms with Crippen molar-refractivity contribution < 1.29 is 4.74 Å². The Labute approximate surface area is 80.8 Å². The fraction of sp³-hybridized carbons (Fsp3) is 0.429. The number of thiazole rings is 1. The van der Waals surface area contributed by atoms with E-state index in [2.05, 4.69) is 10.3 Å². The third kappa shape index (κ3) is 2.00. The van der Waals surface area contributed by atoms with Crippen molar-refractivity contribution in [2.45, 2.75) is 6.10 Å². The quantitative estimate of drug-likeness (QED) is 0.751. The van der Waals surface area contributed by atoms with Gasteiger partial charge in [-0.3, -0.25) is 0 Å². The molecular weight excluding hydrogens is 192 g/mol. The molecule has 3 nitrogen and oxygen atoms in total. The van der Waals surface area contributed by atoms with Crippen LogP contribution in [0, 0.1) is 0 Å². The second-order valence-corrected chi connectivity index (χ2v) is 3.47. The molecule has 0 aliphatic rings. The summed E-state index contributed by atoms with van der Waals surface area (Å²) in [5, 5.41) is 5.67. The number of aromatic nitrogens is 1. The third-order valence-electron chi connectivity index (χ3n) is 1.40. The molecule has 1 aromatic heterocycles. The number of hydrogen-bond acceptors (Lipinski definition) is 4. The van der Waals surface area contributed by atoms with Crippen LogP contribution in [-0.4, -0.2) is 24.1 Å². The maximum Gasteiger partial charge on any atom is 0.158 e. The van der Waals surface area contributed by atoms with Crippen LogP contribution in [0.3, 0.4) is 0 Å². The molecule has 1 unspecified atom stereocenters. The molecule has 12 heavy (non-hydrogen) atoms. The average Bonchev–Trinajstić information content (AvgIpc) is 2.58. The Kier molecular flexibility index (Phi) is 3.58. The van der Waals surface area contributed by atoms with Gasteiger partial charge in [-0.2, -0.15) is 0 Å². The zero-order chi connectivity index (χ0) is 8.97. The Morgan fingerprint density at radius 1 is 1.83 bits per heavy atom. The second-order valence-electron chi connectivity index (χ2n) is 2.10. The Bertz CT molecular complexity index is 248. The van der Waals surface area contributed by atoms with Gasteiger partial charge in [0.2, 0.25) is 0 Å². The summed E-state index contributed by atoms with van der Waals surface area (Å²) in [6, 6.07) is 0. The Morgan fingerprint density at radius 2 is 2.58 bits per heavy atom. The predicted octanol–water partition coefficient (Wildman–Crippen LogP) is 1.38. The molecule has 0 bridgehead atoms. The fourth-order valence-electron chi connectivity index (χ4n) is 0.815. The zero-order valence-corrected chi connectivity index (χ0v) is 8.54. The molecular formula is C7H10N2OS2. The molecule has 0 aliphatic carbocycles. The molecule has 0 saturated carbocycles.